The van der Waals surface area contributed by atoms with Crippen molar-refractivity contribution in [3.05, 3.63) is 48.4 Å². The van der Waals surface area contributed by atoms with Gasteiger partial charge in [-0.15, -0.1) is 0 Å². The SMILES string of the molecule is CCOc1cccc(Nc2ncnn3ccc(CN4CCC(N)CC4)c23)c1. The fraction of sp³-hybridized carbons (Fsp3) is 0.400. The lowest BCUT2D eigenvalue weighted by Crippen LogP contribution is -2.39. The van der Waals surface area contributed by atoms with E-state index in [1.165, 1.54) is 5.56 Å². The van der Waals surface area contributed by atoms with Crippen molar-refractivity contribution in [2.24, 2.45) is 5.73 Å². The molecule has 0 saturated carbocycles. The zero-order chi connectivity index (χ0) is 18.6. The van der Waals surface area contributed by atoms with Crippen LogP contribution in [0.2, 0.25) is 0 Å². The molecule has 3 N–H and O–H groups in total. The van der Waals surface area contributed by atoms with Crippen LogP contribution in [0, 0.1) is 0 Å². The van der Waals surface area contributed by atoms with E-state index in [0.29, 0.717) is 12.6 Å². The van der Waals surface area contributed by atoms with Crippen LogP contribution in [0.15, 0.2) is 42.9 Å². The normalized spacial score (nSPS) is 15.9. The summed E-state index contributed by atoms with van der Waals surface area (Å²) in [5.41, 5.74) is 9.20. The minimum absolute atomic E-state index is 0.338. The molecule has 1 aliphatic heterocycles. The van der Waals surface area contributed by atoms with Crippen LogP contribution < -0.4 is 15.8 Å². The number of hydrogen-bond acceptors (Lipinski definition) is 6. The largest absolute Gasteiger partial charge is 0.494 e. The summed E-state index contributed by atoms with van der Waals surface area (Å²) in [5.74, 6) is 1.64. The summed E-state index contributed by atoms with van der Waals surface area (Å²) in [5, 5.41) is 7.78. The van der Waals surface area contributed by atoms with E-state index < -0.39 is 0 Å². The molecule has 1 aliphatic rings. The van der Waals surface area contributed by atoms with Gasteiger partial charge in [-0.2, -0.15) is 5.10 Å². The first-order valence-electron chi connectivity index (χ1n) is 9.52. The van der Waals surface area contributed by atoms with Crippen molar-refractivity contribution >= 4 is 17.0 Å². The summed E-state index contributed by atoms with van der Waals surface area (Å²) in [6.45, 7) is 5.57. The van der Waals surface area contributed by atoms with Gasteiger partial charge in [0, 0.05) is 30.5 Å². The van der Waals surface area contributed by atoms with Gasteiger partial charge >= 0.3 is 0 Å². The molecule has 0 amide bonds. The zero-order valence-corrected chi connectivity index (χ0v) is 15.6. The number of rotatable bonds is 6. The van der Waals surface area contributed by atoms with Crippen LogP contribution in [0.5, 0.6) is 5.75 Å². The standard InChI is InChI=1S/C20H26N6O/c1-2-27-18-5-3-4-17(12-18)24-20-19-15(6-11-26(19)23-14-22-20)13-25-9-7-16(21)8-10-25/h3-6,11-12,14,16H,2,7-10,13,21H2,1H3,(H,22,23,24). The van der Waals surface area contributed by atoms with Crippen LogP contribution in [-0.4, -0.2) is 45.2 Å². The molecule has 7 heteroatoms. The van der Waals surface area contributed by atoms with Crippen molar-refractivity contribution in [3.63, 3.8) is 0 Å². The Labute approximate surface area is 159 Å². The zero-order valence-electron chi connectivity index (χ0n) is 15.6. The van der Waals surface area contributed by atoms with E-state index in [1.807, 2.05) is 41.9 Å². The highest BCUT2D eigenvalue weighted by atomic mass is 16.5. The number of piperidine rings is 1. The van der Waals surface area contributed by atoms with Crippen molar-refractivity contribution in [3.8, 4) is 5.75 Å². The molecule has 27 heavy (non-hydrogen) atoms. The molecule has 0 bridgehead atoms. The van der Waals surface area contributed by atoms with E-state index in [0.717, 1.165) is 55.2 Å². The van der Waals surface area contributed by atoms with Gasteiger partial charge in [-0.05, 0) is 56.6 Å². The molecule has 7 nitrogen and oxygen atoms in total. The molecule has 2 aromatic heterocycles. The highest BCUT2D eigenvalue weighted by Crippen LogP contribution is 2.26. The molecule has 3 heterocycles. The first-order valence-corrected chi connectivity index (χ1v) is 9.52. The number of ether oxygens (including phenoxy) is 1. The molecule has 3 aromatic rings. The minimum Gasteiger partial charge on any atom is -0.494 e. The highest BCUT2D eigenvalue weighted by Gasteiger charge is 2.18. The van der Waals surface area contributed by atoms with Crippen LogP contribution in [0.25, 0.3) is 5.52 Å². The number of likely N-dealkylation sites (tertiary alicyclic amines) is 1. The fourth-order valence-electron chi connectivity index (χ4n) is 3.56. The quantitative estimate of drug-likeness (QED) is 0.698. The predicted molar refractivity (Wildman–Crippen MR) is 106 cm³/mol. The topological polar surface area (TPSA) is 80.7 Å². The van der Waals surface area contributed by atoms with Crippen molar-refractivity contribution in [2.75, 3.05) is 25.0 Å². The summed E-state index contributed by atoms with van der Waals surface area (Å²) in [6.07, 6.45) is 5.67. The smallest absolute Gasteiger partial charge is 0.158 e. The molecule has 0 atom stereocenters. The Bertz CT molecular complexity index is 900. The van der Waals surface area contributed by atoms with Gasteiger partial charge in [-0.3, -0.25) is 4.90 Å². The highest BCUT2D eigenvalue weighted by molar-refractivity contribution is 5.76. The van der Waals surface area contributed by atoms with Crippen LogP contribution in [0.1, 0.15) is 25.3 Å². The van der Waals surface area contributed by atoms with Crippen LogP contribution in [0.4, 0.5) is 11.5 Å². The third-order valence-electron chi connectivity index (χ3n) is 4.97. The lowest BCUT2D eigenvalue weighted by atomic mass is 10.1. The maximum absolute atomic E-state index is 6.03. The average molecular weight is 366 g/mol. The monoisotopic (exact) mass is 366 g/mol. The van der Waals surface area contributed by atoms with Gasteiger partial charge in [0.2, 0.25) is 0 Å². The van der Waals surface area contributed by atoms with Crippen molar-refractivity contribution < 1.29 is 4.74 Å². The number of anilines is 2. The minimum atomic E-state index is 0.338. The lowest BCUT2D eigenvalue weighted by Gasteiger charge is -2.29. The Morgan fingerprint density at radius 1 is 1.26 bits per heavy atom. The van der Waals surface area contributed by atoms with E-state index in [1.54, 1.807) is 6.33 Å². The van der Waals surface area contributed by atoms with Crippen LogP contribution in [-0.2, 0) is 6.54 Å². The first kappa shape index (κ1) is 17.8. The second-order valence-electron chi connectivity index (χ2n) is 6.94. The van der Waals surface area contributed by atoms with E-state index in [4.69, 9.17) is 10.5 Å². The van der Waals surface area contributed by atoms with Gasteiger partial charge in [0.25, 0.3) is 0 Å². The Balaban J connectivity index is 1.59. The predicted octanol–water partition coefficient (Wildman–Crippen LogP) is 2.79. The number of nitrogens with two attached hydrogens (primary N) is 1. The van der Waals surface area contributed by atoms with Gasteiger partial charge in [-0.25, -0.2) is 9.50 Å². The molecule has 1 aromatic carbocycles. The Morgan fingerprint density at radius 3 is 2.93 bits per heavy atom. The second kappa shape index (κ2) is 7.94. The first-order chi connectivity index (χ1) is 13.2. The molecule has 0 aliphatic carbocycles. The van der Waals surface area contributed by atoms with Gasteiger partial charge in [-0.1, -0.05) is 6.07 Å². The Hall–Kier alpha value is -2.64. The number of aromatic nitrogens is 3. The summed E-state index contributed by atoms with van der Waals surface area (Å²) in [4.78, 5) is 6.94. The molecule has 1 fully saturated rings. The second-order valence-corrected chi connectivity index (χ2v) is 6.94. The van der Waals surface area contributed by atoms with E-state index in [9.17, 15) is 0 Å². The van der Waals surface area contributed by atoms with Gasteiger partial charge in [0.1, 0.15) is 17.6 Å². The third-order valence-corrected chi connectivity index (χ3v) is 4.97. The van der Waals surface area contributed by atoms with Crippen LogP contribution in [0.3, 0.4) is 0 Å². The van der Waals surface area contributed by atoms with E-state index >= 15 is 0 Å². The fourth-order valence-corrected chi connectivity index (χ4v) is 3.56. The molecule has 1 saturated heterocycles. The maximum atomic E-state index is 6.03. The lowest BCUT2D eigenvalue weighted by molar-refractivity contribution is 0.206. The average Bonchev–Trinajstić information content (AvgIpc) is 3.08. The summed E-state index contributed by atoms with van der Waals surface area (Å²) < 4.78 is 7.48. The molecular weight excluding hydrogens is 340 g/mol. The summed E-state index contributed by atoms with van der Waals surface area (Å²) in [6, 6.07) is 10.4. The summed E-state index contributed by atoms with van der Waals surface area (Å²) >= 11 is 0. The Morgan fingerprint density at radius 2 is 2.11 bits per heavy atom. The summed E-state index contributed by atoms with van der Waals surface area (Å²) in [7, 11) is 0. The molecule has 4 rings (SSSR count). The van der Waals surface area contributed by atoms with Crippen molar-refractivity contribution in [2.45, 2.75) is 32.4 Å². The third kappa shape index (κ3) is 4.04. The van der Waals surface area contributed by atoms with E-state index in [2.05, 4.69) is 26.4 Å². The van der Waals surface area contributed by atoms with Crippen molar-refractivity contribution in [1.29, 1.82) is 0 Å². The maximum Gasteiger partial charge on any atom is 0.158 e. The number of fused-ring (bicyclic) bond motifs is 1. The van der Waals surface area contributed by atoms with Gasteiger partial charge in [0.05, 0.1) is 6.61 Å². The van der Waals surface area contributed by atoms with Gasteiger partial charge < -0.3 is 15.8 Å². The molecule has 142 valence electrons. The number of hydrogen-bond donors (Lipinski definition) is 2. The molecule has 0 spiro atoms. The van der Waals surface area contributed by atoms with Gasteiger partial charge in [0.15, 0.2) is 5.82 Å². The van der Waals surface area contributed by atoms with E-state index in [-0.39, 0.29) is 0 Å². The van der Waals surface area contributed by atoms with Crippen LogP contribution >= 0.6 is 0 Å². The number of nitrogens with one attached hydrogen (secondary N) is 1. The van der Waals surface area contributed by atoms with Crippen molar-refractivity contribution in [1.82, 2.24) is 19.5 Å². The molecule has 0 unspecified atom stereocenters. The Kier molecular flexibility index (Phi) is 5.22. The number of benzene rings is 1. The number of nitrogens with zero attached hydrogens (tertiary/aromatic N) is 4. The molecular formula is C20H26N6O. The molecule has 0 radical (unpaired) electrons.